The number of rotatable bonds is 5. The lowest BCUT2D eigenvalue weighted by Gasteiger charge is -2.17. The summed E-state index contributed by atoms with van der Waals surface area (Å²) < 4.78 is 15.0. The third-order valence-corrected chi connectivity index (χ3v) is 3.39. The summed E-state index contributed by atoms with van der Waals surface area (Å²) in [4.78, 5) is 18.6. The van der Waals surface area contributed by atoms with Gasteiger partial charge in [-0.15, -0.1) is 0 Å². The van der Waals surface area contributed by atoms with Crippen LogP contribution >= 0.6 is 0 Å². The van der Waals surface area contributed by atoms with Crippen LogP contribution in [-0.4, -0.2) is 33.8 Å². The summed E-state index contributed by atoms with van der Waals surface area (Å²) in [5.41, 5.74) is 1.79. The Kier molecular flexibility index (Phi) is 4.37. The first kappa shape index (κ1) is 14.5. The van der Waals surface area contributed by atoms with Crippen molar-refractivity contribution in [1.82, 2.24) is 14.3 Å². The minimum Gasteiger partial charge on any atom is -0.340 e. The number of carbonyl (C=O) groups excluding carboxylic acids is 1. The van der Waals surface area contributed by atoms with Crippen molar-refractivity contribution in [3.05, 3.63) is 35.5 Å². The molecule has 0 bridgehead atoms. The first-order chi connectivity index (χ1) is 9.58. The molecule has 0 unspecified atom stereocenters. The highest BCUT2D eigenvalue weighted by Crippen LogP contribution is 2.16. The van der Waals surface area contributed by atoms with Crippen LogP contribution in [0, 0.1) is 5.82 Å². The van der Waals surface area contributed by atoms with Crippen molar-refractivity contribution >= 4 is 11.6 Å². The number of hydrogen-bond donors (Lipinski definition) is 0. The van der Waals surface area contributed by atoms with Crippen LogP contribution in [0.3, 0.4) is 0 Å². The van der Waals surface area contributed by atoms with Crippen LogP contribution in [0.1, 0.15) is 42.9 Å². The lowest BCUT2D eigenvalue weighted by atomic mass is 10.2. The van der Waals surface area contributed by atoms with Crippen LogP contribution in [-0.2, 0) is 6.42 Å². The van der Waals surface area contributed by atoms with E-state index in [0.717, 1.165) is 12.8 Å². The second-order valence-electron chi connectivity index (χ2n) is 4.92. The Hall–Kier alpha value is -1.91. The maximum absolute atomic E-state index is 13.4. The highest BCUT2D eigenvalue weighted by molar-refractivity contribution is 5.94. The van der Waals surface area contributed by atoms with E-state index >= 15 is 0 Å². The van der Waals surface area contributed by atoms with Gasteiger partial charge in [0.05, 0.1) is 5.69 Å². The maximum atomic E-state index is 13.4. The van der Waals surface area contributed by atoms with E-state index in [2.05, 4.69) is 11.9 Å². The SMILES string of the molecule is CCCCN(C)C(=O)c1c(CC)nc2ccc(F)cn12. The molecular weight excluding hydrogens is 257 g/mol. The molecule has 0 atom stereocenters. The molecule has 2 heterocycles. The highest BCUT2D eigenvalue weighted by Gasteiger charge is 2.21. The van der Waals surface area contributed by atoms with Crippen molar-refractivity contribution in [2.75, 3.05) is 13.6 Å². The van der Waals surface area contributed by atoms with Crippen molar-refractivity contribution in [3.8, 4) is 0 Å². The molecule has 0 radical (unpaired) electrons. The van der Waals surface area contributed by atoms with Crippen molar-refractivity contribution in [2.24, 2.45) is 0 Å². The van der Waals surface area contributed by atoms with Crippen LogP contribution in [0.5, 0.6) is 0 Å². The lowest BCUT2D eigenvalue weighted by Crippen LogP contribution is -2.29. The summed E-state index contributed by atoms with van der Waals surface area (Å²) in [5, 5.41) is 0. The van der Waals surface area contributed by atoms with Gasteiger partial charge in [-0.05, 0) is 25.0 Å². The Balaban J connectivity index is 2.45. The van der Waals surface area contributed by atoms with E-state index in [1.807, 2.05) is 6.92 Å². The Morgan fingerprint density at radius 1 is 1.40 bits per heavy atom. The fraction of sp³-hybridized carbons (Fsp3) is 0.467. The first-order valence-electron chi connectivity index (χ1n) is 7.00. The van der Waals surface area contributed by atoms with Gasteiger partial charge in [-0.2, -0.15) is 0 Å². The molecule has 0 aromatic carbocycles. The van der Waals surface area contributed by atoms with Crippen molar-refractivity contribution in [1.29, 1.82) is 0 Å². The highest BCUT2D eigenvalue weighted by atomic mass is 19.1. The molecule has 2 aromatic heterocycles. The molecule has 20 heavy (non-hydrogen) atoms. The zero-order valence-corrected chi connectivity index (χ0v) is 12.2. The number of imidazole rings is 1. The van der Waals surface area contributed by atoms with Gasteiger partial charge in [0.1, 0.15) is 17.2 Å². The molecule has 0 saturated carbocycles. The van der Waals surface area contributed by atoms with Gasteiger partial charge in [0.25, 0.3) is 5.91 Å². The molecule has 108 valence electrons. The second-order valence-corrected chi connectivity index (χ2v) is 4.92. The monoisotopic (exact) mass is 277 g/mol. The van der Waals surface area contributed by atoms with E-state index in [9.17, 15) is 9.18 Å². The van der Waals surface area contributed by atoms with Crippen molar-refractivity contribution in [3.63, 3.8) is 0 Å². The number of amides is 1. The van der Waals surface area contributed by atoms with Crippen molar-refractivity contribution in [2.45, 2.75) is 33.1 Å². The minimum absolute atomic E-state index is 0.103. The van der Waals surface area contributed by atoms with Gasteiger partial charge in [0.15, 0.2) is 0 Å². The van der Waals surface area contributed by atoms with Gasteiger partial charge >= 0.3 is 0 Å². The standard InChI is InChI=1S/C15H20FN3O/c1-4-6-9-18(3)15(20)14-12(5-2)17-13-8-7-11(16)10-19(13)14/h7-8,10H,4-6,9H2,1-3H3. The topological polar surface area (TPSA) is 37.6 Å². The van der Waals surface area contributed by atoms with Gasteiger partial charge in [-0.3, -0.25) is 9.20 Å². The van der Waals surface area contributed by atoms with Gasteiger partial charge in [-0.25, -0.2) is 9.37 Å². The Labute approximate surface area is 118 Å². The number of halogens is 1. The molecule has 0 fully saturated rings. The fourth-order valence-electron chi connectivity index (χ4n) is 2.22. The Morgan fingerprint density at radius 2 is 2.15 bits per heavy atom. The maximum Gasteiger partial charge on any atom is 0.272 e. The molecule has 0 aliphatic carbocycles. The number of aryl methyl sites for hydroxylation is 1. The molecule has 2 rings (SSSR count). The molecular formula is C15H20FN3O. The Morgan fingerprint density at radius 3 is 2.80 bits per heavy atom. The zero-order chi connectivity index (χ0) is 14.7. The summed E-state index contributed by atoms with van der Waals surface area (Å²) in [6.45, 7) is 4.72. The molecule has 2 aromatic rings. The van der Waals surface area contributed by atoms with E-state index in [4.69, 9.17) is 0 Å². The van der Waals surface area contributed by atoms with E-state index < -0.39 is 0 Å². The van der Waals surface area contributed by atoms with E-state index in [0.29, 0.717) is 30.0 Å². The molecule has 1 amide bonds. The number of fused-ring (bicyclic) bond motifs is 1. The van der Waals surface area contributed by atoms with Crippen molar-refractivity contribution < 1.29 is 9.18 Å². The summed E-state index contributed by atoms with van der Waals surface area (Å²) in [6.07, 6.45) is 3.95. The third-order valence-electron chi connectivity index (χ3n) is 3.39. The van der Waals surface area contributed by atoms with Gasteiger partial charge < -0.3 is 4.90 Å². The van der Waals surface area contributed by atoms with Crippen LogP contribution < -0.4 is 0 Å². The molecule has 0 aliphatic rings. The van der Waals surface area contributed by atoms with E-state index in [1.165, 1.54) is 12.3 Å². The summed E-state index contributed by atoms with van der Waals surface area (Å²) in [6, 6.07) is 2.95. The van der Waals surface area contributed by atoms with Crippen LogP contribution in [0.4, 0.5) is 4.39 Å². The number of unbranched alkanes of at least 4 members (excludes halogenated alkanes) is 1. The van der Waals surface area contributed by atoms with Crippen LogP contribution in [0.25, 0.3) is 5.65 Å². The zero-order valence-electron chi connectivity index (χ0n) is 12.2. The largest absolute Gasteiger partial charge is 0.340 e. The Bertz CT molecular complexity index is 621. The summed E-state index contributed by atoms with van der Waals surface area (Å²) >= 11 is 0. The average molecular weight is 277 g/mol. The predicted molar refractivity (Wildman–Crippen MR) is 76.4 cm³/mol. The quantitative estimate of drug-likeness (QED) is 0.842. The first-order valence-corrected chi connectivity index (χ1v) is 7.00. The molecule has 0 N–H and O–H groups in total. The molecule has 0 aliphatic heterocycles. The molecule has 5 heteroatoms. The summed E-state index contributed by atoms with van der Waals surface area (Å²) in [5.74, 6) is -0.476. The number of carbonyl (C=O) groups is 1. The smallest absolute Gasteiger partial charge is 0.272 e. The molecule has 0 saturated heterocycles. The number of hydrogen-bond acceptors (Lipinski definition) is 2. The molecule has 0 spiro atoms. The van der Waals surface area contributed by atoms with E-state index in [-0.39, 0.29) is 11.7 Å². The number of pyridine rings is 1. The van der Waals surface area contributed by atoms with Gasteiger partial charge in [0.2, 0.25) is 0 Å². The van der Waals surface area contributed by atoms with Gasteiger partial charge in [0, 0.05) is 19.8 Å². The van der Waals surface area contributed by atoms with Crippen LogP contribution in [0.15, 0.2) is 18.3 Å². The minimum atomic E-state index is -0.372. The normalized spacial score (nSPS) is 11.0. The third kappa shape index (κ3) is 2.66. The van der Waals surface area contributed by atoms with Gasteiger partial charge in [-0.1, -0.05) is 20.3 Å². The summed E-state index contributed by atoms with van der Waals surface area (Å²) in [7, 11) is 1.77. The number of nitrogens with zero attached hydrogens (tertiary/aromatic N) is 3. The fourth-order valence-corrected chi connectivity index (χ4v) is 2.22. The average Bonchev–Trinajstić information content (AvgIpc) is 2.81. The number of aromatic nitrogens is 2. The molecule has 4 nitrogen and oxygen atoms in total. The predicted octanol–water partition coefficient (Wildman–Crippen LogP) is 2.91. The lowest BCUT2D eigenvalue weighted by molar-refractivity contribution is 0.0785. The second kappa shape index (κ2) is 6.03. The van der Waals surface area contributed by atoms with E-state index in [1.54, 1.807) is 22.4 Å². The van der Waals surface area contributed by atoms with Crippen LogP contribution in [0.2, 0.25) is 0 Å².